The third-order valence-corrected chi connectivity index (χ3v) is 3.15. The monoisotopic (exact) mass is 289 g/mol. The summed E-state index contributed by atoms with van der Waals surface area (Å²) in [5.74, 6) is 0.0133. The molecule has 0 spiro atoms. The molecule has 0 saturated carbocycles. The highest BCUT2D eigenvalue weighted by molar-refractivity contribution is 9.10. The van der Waals surface area contributed by atoms with Crippen LogP contribution in [0.5, 0.6) is 0 Å². The molecule has 0 aliphatic rings. The lowest BCUT2D eigenvalue weighted by atomic mass is 10.1. The zero-order valence-electron chi connectivity index (χ0n) is 8.02. The molecule has 80 valence electrons. The van der Waals surface area contributed by atoms with Crippen molar-refractivity contribution < 1.29 is 14.3 Å². The van der Waals surface area contributed by atoms with Gasteiger partial charge in [-0.2, -0.15) is 4.89 Å². The summed E-state index contributed by atoms with van der Waals surface area (Å²) in [7, 11) is -2.11. The maximum Gasteiger partial charge on any atom is 0.505 e. The molecule has 0 fully saturated rings. The quantitative estimate of drug-likeness (QED) is 0.669. The smallest absolute Gasteiger partial charge is 0.294 e. The summed E-state index contributed by atoms with van der Waals surface area (Å²) >= 11 is 3.28. The van der Waals surface area contributed by atoms with E-state index >= 15 is 0 Å². The van der Waals surface area contributed by atoms with Gasteiger partial charge in [0.1, 0.15) is 0 Å². The number of rotatable bonds is 5. The molecule has 3 nitrogen and oxygen atoms in total. The van der Waals surface area contributed by atoms with E-state index in [2.05, 4.69) is 15.9 Å². The van der Waals surface area contributed by atoms with Gasteiger partial charge in [-0.15, -0.1) is 0 Å². The van der Waals surface area contributed by atoms with Gasteiger partial charge in [-0.1, -0.05) is 28.1 Å². The molecule has 0 radical (unpaired) electrons. The van der Waals surface area contributed by atoms with Gasteiger partial charge in [0, 0.05) is 22.9 Å². The summed E-state index contributed by atoms with van der Waals surface area (Å²) in [6, 6.07) is 7.09. The van der Waals surface area contributed by atoms with E-state index in [0.29, 0.717) is 18.4 Å². The molecule has 1 atom stereocenters. The summed E-state index contributed by atoms with van der Waals surface area (Å²) in [4.78, 5) is 20.1. The number of carbonyl (C=O) groups is 1. The fourth-order valence-corrected chi connectivity index (χ4v) is 1.85. The summed E-state index contributed by atoms with van der Waals surface area (Å²) in [6.07, 6.45) is 0.974. The standard InChI is InChI=1S/C10H10BrO3P/c11-9-5-3-8(4-6-9)10(12)2-1-7-15(13)14/h3-6H,1-2,7H2/p+1. The number of carbonyl (C=O) groups excluding carboxylic acids is 1. The molecule has 1 unspecified atom stereocenters. The van der Waals surface area contributed by atoms with Gasteiger partial charge in [0.25, 0.3) is 0 Å². The SMILES string of the molecule is O=C(CCC[P+](=O)O)c1ccc(Br)cc1. The second-order valence-electron chi connectivity index (χ2n) is 3.11. The van der Waals surface area contributed by atoms with Crippen molar-refractivity contribution in [3.63, 3.8) is 0 Å². The highest BCUT2D eigenvalue weighted by Crippen LogP contribution is 2.17. The Morgan fingerprint density at radius 3 is 2.47 bits per heavy atom. The second kappa shape index (κ2) is 6.11. The Hall–Kier alpha value is -0.570. The normalized spacial score (nSPS) is 11.2. The first-order chi connectivity index (χ1) is 7.09. The number of halogens is 1. The summed E-state index contributed by atoms with van der Waals surface area (Å²) in [5.41, 5.74) is 0.645. The van der Waals surface area contributed by atoms with Crippen LogP contribution in [0.15, 0.2) is 28.7 Å². The third kappa shape index (κ3) is 4.65. The molecule has 1 aromatic rings. The van der Waals surface area contributed by atoms with Crippen LogP contribution >= 0.6 is 24.0 Å². The summed E-state index contributed by atoms with van der Waals surface area (Å²) in [6.45, 7) is 0. The number of benzene rings is 1. The van der Waals surface area contributed by atoms with Crippen LogP contribution in [0.4, 0.5) is 0 Å². The Kier molecular flexibility index (Phi) is 5.09. The Labute approximate surface area is 97.5 Å². The maximum atomic E-state index is 11.5. The molecule has 0 aromatic heterocycles. The predicted molar refractivity (Wildman–Crippen MR) is 62.4 cm³/mol. The van der Waals surface area contributed by atoms with Crippen molar-refractivity contribution in [2.24, 2.45) is 0 Å². The fraction of sp³-hybridized carbons (Fsp3) is 0.300. The molecule has 0 amide bonds. The Bertz CT molecular complexity index is 361. The summed E-state index contributed by atoms with van der Waals surface area (Å²) in [5, 5.41) is 0. The topological polar surface area (TPSA) is 54.4 Å². The van der Waals surface area contributed by atoms with Gasteiger partial charge in [0.15, 0.2) is 11.9 Å². The first kappa shape index (κ1) is 12.5. The van der Waals surface area contributed by atoms with Crippen LogP contribution < -0.4 is 0 Å². The van der Waals surface area contributed by atoms with Gasteiger partial charge in [-0.05, 0) is 16.7 Å². The van der Waals surface area contributed by atoms with Crippen LogP contribution in [-0.2, 0) is 4.57 Å². The van der Waals surface area contributed by atoms with E-state index in [0.717, 1.165) is 4.47 Å². The average Bonchev–Trinajstić information content (AvgIpc) is 2.18. The van der Waals surface area contributed by atoms with E-state index in [1.54, 1.807) is 24.3 Å². The van der Waals surface area contributed by atoms with Crippen molar-refractivity contribution in [2.45, 2.75) is 12.8 Å². The van der Waals surface area contributed by atoms with Crippen LogP contribution in [0.1, 0.15) is 23.2 Å². The van der Waals surface area contributed by atoms with Crippen LogP contribution in [0, 0.1) is 0 Å². The number of Topliss-reactive ketones (excluding diaryl/α,β-unsaturated/α-hetero) is 1. The lowest BCUT2D eigenvalue weighted by Gasteiger charge is -1.98. The van der Waals surface area contributed by atoms with E-state index in [9.17, 15) is 9.36 Å². The molecule has 0 heterocycles. The minimum Gasteiger partial charge on any atom is -0.294 e. The number of hydrogen-bond donors (Lipinski definition) is 1. The van der Waals surface area contributed by atoms with E-state index < -0.39 is 8.03 Å². The maximum absolute atomic E-state index is 11.5. The summed E-state index contributed by atoms with van der Waals surface area (Å²) < 4.78 is 11.3. The molecular weight excluding hydrogens is 279 g/mol. The van der Waals surface area contributed by atoms with Crippen molar-refractivity contribution in [2.75, 3.05) is 6.16 Å². The Balaban J connectivity index is 2.47. The molecule has 0 saturated heterocycles. The van der Waals surface area contributed by atoms with Gasteiger partial charge in [0.05, 0.1) is 0 Å². The highest BCUT2D eigenvalue weighted by atomic mass is 79.9. The average molecular weight is 290 g/mol. The van der Waals surface area contributed by atoms with E-state index in [1.165, 1.54) is 0 Å². The van der Waals surface area contributed by atoms with Crippen LogP contribution in [0.2, 0.25) is 0 Å². The van der Waals surface area contributed by atoms with Crippen LogP contribution in [0.3, 0.4) is 0 Å². The van der Waals surface area contributed by atoms with Crippen LogP contribution in [-0.4, -0.2) is 16.8 Å². The molecule has 0 aliphatic carbocycles. The van der Waals surface area contributed by atoms with Gasteiger partial charge < -0.3 is 0 Å². The number of ketones is 1. The molecule has 0 bridgehead atoms. The first-order valence-corrected chi connectivity index (χ1v) is 6.71. The number of hydrogen-bond acceptors (Lipinski definition) is 2. The second-order valence-corrected chi connectivity index (χ2v) is 5.18. The molecule has 0 aliphatic heterocycles. The zero-order chi connectivity index (χ0) is 11.3. The zero-order valence-corrected chi connectivity index (χ0v) is 10.5. The molecule has 1 aromatic carbocycles. The highest BCUT2D eigenvalue weighted by Gasteiger charge is 2.12. The van der Waals surface area contributed by atoms with Gasteiger partial charge in [-0.3, -0.25) is 4.79 Å². The minimum atomic E-state index is -2.11. The van der Waals surface area contributed by atoms with Crippen molar-refractivity contribution >= 4 is 29.7 Å². The lowest BCUT2D eigenvalue weighted by molar-refractivity contribution is 0.0982. The van der Waals surface area contributed by atoms with E-state index in [-0.39, 0.29) is 11.9 Å². The van der Waals surface area contributed by atoms with Gasteiger partial charge in [0.2, 0.25) is 0 Å². The predicted octanol–water partition coefficient (Wildman–Crippen LogP) is 3.15. The van der Waals surface area contributed by atoms with Gasteiger partial charge >= 0.3 is 8.03 Å². The molecular formula is C10H11BrO3P+. The third-order valence-electron chi connectivity index (χ3n) is 1.92. The minimum absolute atomic E-state index is 0.0133. The van der Waals surface area contributed by atoms with Gasteiger partial charge in [-0.25, -0.2) is 0 Å². The molecule has 1 rings (SSSR count). The van der Waals surface area contributed by atoms with Crippen molar-refractivity contribution in [1.82, 2.24) is 0 Å². The van der Waals surface area contributed by atoms with E-state index in [1.807, 2.05) is 0 Å². The molecule has 1 N–H and O–H groups in total. The molecule has 15 heavy (non-hydrogen) atoms. The Morgan fingerprint density at radius 1 is 1.33 bits per heavy atom. The van der Waals surface area contributed by atoms with Crippen molar-refractivity contribution in [3.8, 4) is 0 Å². The van der Waals surface area contributed by atoms with Crippen LogP contribution in [0.25, 0.3) is 0 Å². The molecule has 5 heteroatoms. The Morgan fingerprint density at radius 2 is 1.93 bits per heavy atom. The largest absolute Gasteiger partial charge is 0.505 e. The lowest BCUT2D eigenvalue weighted by Crippen LogP contribution is -1.99. The van der Waals surface area contributed by atoms with E-state index in [4.69, 9.17) is 4.89 Å². The first-order valence-electron chi connectivity index (χ1n) is 4.52. The van der Waals surface area contributed by atoms with Crippen molar-refractivity contribution in [1.29, 1.82) is 0 Å². The fourth-order valence-electron chi connectivity index (χ4n) is 1.15. The van der Waals surface area contributed by atoms with Crippen molar-refractivity contribution in [3.05, 3.63) is 34.3 Å².